The highest BCUT2D eigenvalue weighted by Gasteiger charge is 2.14. The largest absolute Gasteiger partial charge is 0.493 e. The normalized spacial score (nSPS) is 15.1. The number of ether oxygens (including phenoxy) is 3. The summed E-state index contributed by atoms with van der Waals surface area (Å²) in [4.78, 5) is 13.9. The summed E-state index contributed by atoms with van der Waals surface area (Å²) < 4.78 is 16.9. The van der Waals surface area contributed by atoms with Gasteiger partial charge in [-0.1, -0.05) is 12.7 Å². The van der Waals surface area contributed by atoms with Crippen molar-refractivity contribution in [3.05, 3.63) is 34.8 Å². The summed E-state index contributed by atoms with van der Waals surface area (Å²) >= 11 is 3.45. The Labute approximate surface area is 155 Å². The van der Waals surface area contributed by atoms with Crippen LogP contribution in [-0.4, -0.2) is 63.6 Å². The van der Waals surface area contributed by atoms with Crippen molar-refractivity contribution in [2.45, 2.75) is 0 Å². The summed E-state index contributed by atoms with van der Waals surface area (Å²) in [5.41, 5.74) is 3.30. The highest BCUT2D eigenvalue weighted by molar-refractivity contribution is 9.10. The quantitative estimate of drug-likeness (QED) is 0.401. The maximum Gasteiger partial charge on any atom is 0.254 e. The van der Waals surface area contributed by atoms with Gasteiger partial charge in [-0.2, -0.15) is 5.10 Å². The lowest BCUT2D eigenvalue weighted by Gasteiger charge is -2.25. The van der Waals surface area contributed by atoms with Gasteiger partial charge in [0.2, 0.25) is 0 Å². The Balaban J connectivity index is 1.94. The molecule has 0 aromatic heterocycles. The van der Waals surface area contributed by atoms with Crippen molar-refractivity contribution in [1.29, 1.82) is 0 Å². The van der Waals surface area contributed by atoms with Crippen molar-refractivity contribution >= 4 is 28.1 Å². The monoisotopic (exact) mass is 411 g/mol. The van der Waals surface area contributed by atoms with Crippen molar-refractivity contribution < 1.29 is 19.0 Å². The van der Waals surface area contributed by atoms with E-state index in [9.17, 15) is 4.79 Å². The molecule has 7 nitrogen and oxygen atoms in total. The van der Waals surface area contributed by atoms with Crippen LogP contribution in [0, 0.1) is 0 Å². The van der Waals surface area contributed by atoms with Crippen LogP contribution in [0.3, 0.4) is 0 Å². The first-order chi connectivity index (χ1) is 12.1. The Morgan fingerprint density at radius 2 is 2.24 bits per heavy atom. The molecule has 8 heteroatoms. The fourth-order valence-electron chi connectivity index (χ4n) is 2.27. The van der Waals surface area contributed by atoms with Crippen LogP contribution in [0.5, 0.6) is 11.5 Å². The second-order valence-electron chi connectivity index (χ2n) is 5.32. The minimum atomic E-state index is -0.157. The standard InChI is InChI=1S/C17H22BrN3O4/c1-3-6-25-17-14(18)9-13(10-15(17)23-2)11-19-20-16(22)12-21-4-7-24-8-5-21/h3,9-11H,1,4-8,12H2,2H3,(H,20,22)/b19-11+. The van der Waals surface area contributed by atoms with Gasteiger partial charge in [-0.05, 0) is 33.6 Å². The van der Waals surface area contributed by atoms with Crippen molar-refractivity contribution in [2.75, 3.05) is 46.6 Å². The summed E-state index contributed by atoms with van der Waals surface area (Å²) in [7, 11) is 1.56. The van der Waals surface area contributed by atoms with Crippen molar-refractivity contribution in [2.24, 2.45) is 5.10 Å². The van der Waals surface area contributed by atoms with Gasteiger partial charge in [0.15, 0.2) is 11.5 Å². The lowest BCUT2D eigenvalue weighted by molar-refractivity contribution is -0.123. The van der Waals surface area contributed by atoms with Crippen molar-refractivity contribution in [3.8, 4) is 11.5 Å². The van der Waals surface area contributed by atoms with E-state index in [0.29, 0.717) is 37.9 Å². The minimum absolute atomic E-state index is 0.157. The van der Waals surface area contributed by atoms with E-state index in [-0.39, 0.29) is 5.91 Å². The first-order valence-electron chi connectivity index (χ1n) is 7.87. The molecular formula is C17H22BrN3O4. The molecule has 0 aliphatic carbocycles. The Kier molecular flexibility index (Phi) is 7.90. The SMILES string of the molecule is C=CCOc1c(Br)cc(/C=N/NC(=O)CN2CCOCC2)cc1OC. The molecule has 136 valence electrons. The van der Waals surface area contributed by atoms with Crippen LogP contribution < -0.4 is 14.9 Å². The predicted molar refractivity (Wildman–Crippen MR) is 99.4 cm³/mol. The van der Waals surface area contributed by atoms with Gasteiger partial charge in [-0.15, -0.1) is 0 Å². The second kappa shape index (κ2) is 10.2. The van der Waals surface area contributed by atoms with Gasteiger partial charge >= 0.3 is 0 Å². The van der Waals surface area contributed by atoms with Gasteiger partial charge in [0.1, 0.15) is 6.61 Å². The average Bonchev–Trinajstić information content (AvgIpc) is 2.61. The van der Waals surface area contributed by atoms with Crippen LogP contribution in [0.2, 0.25) is 0 Å². The van der Waals surface area contributed by atoms with Gasteiger partial charge < -0.3 is 14.2 Å². The number of benzene rings is 1. The molecule has 0 spiro atoms. The van der Waals surface area contributed by atoms with Gasteiger partial charge in [0.25, 0.3) is 5.91 Å². The van der Waals surface area contributed by atoms with Gasteiger partial charge in [0, 0.05) is 13.1 Å². The highest BCUT2D eigenvalue weighted by atomic mass is 79.9. The number of hydrazone groups is 1. The first-order valence-corrected chi connectivity index (χ1v) is 8.66. The van der Waals surface area contributed by atoms with Crippen LogP contribution >= 0.6 is 15.9 Å². The predicted octanol–water partition coefficient (Wildman–Crippen LogP) is 1.80. The zero-order valence-electron chi connectivity index (χ0n) is 14.2. The van der Waals surface area contributed by atoms with Crippen molar-refractivity contribution in [3.63, 3.8) is 0 Å². The summed E-state index contributed by atoms with van der Waals surface area (Å²) in [5.74, 6) is 1.00. The van der Waals surface area contributed by atoms with E-state index in [2.05, 4.69) is 33.0 Å². The Morgan fingerprint density at radius 1 is 1.48 bits per heavy atom. The number of carbonyl (C=O) groups is 1. The van der Waals surface area contributed by atoms with Crippen LogP contribution in [0.1, 0.15) is 5.56 Å². The number of halogens is 1. The fourth-order valence-corrected chi connectivity index (χ4v) is 2.85. The van der Waals surface area contributed by atoms with Crippen LogP contribution in [0.4, 0.5) is 0 Å². The molecule has 0 radical (unpaired) electrons. The van der Waals surface area contributed by atoms with E-state index >= 15 is 0 Å². The Bertz CT molecular complexity index is 631. The van der Waals surface area contributed by atoms with Crippen LogP contribution in [0.15, 0.2) is 34.4 Å². The molecule has 1 N–H and O–H groups in total. The topological polar surface area (TPSA) is 72.4 Å². The Morgan fingerprint density at radius 3 is 2.92 bits per heavy atom. The number of carbonyl (C=O) groups excluding carboxylic acids is 1. The maximum atomic E-state index is 11.9. The maximum absolute atomic E-state index is 11.9. The molecular weight excluding hydrogens is 390 g/mol. The first kappa shape index (κ1) is 19.4. The fraction of sp³-hybridized carbons (Fsp3) is 0.412. The van der Waals surface area contributed by atoms with Crippen LogP contribution in [-0.2, 0) is 9.53 Å². The second-order valence-corrected chi connectivity index (χ2v) is 6.17. The minimum Gasteiger partial charge on any atom is -0.493 e. The van der Waals surface area contributed by atoms with E-state index in [1.165, 1.54) is 0 Å². The smallest absolute Gasteiger partial charge is 0.254 e. The van der Waals surface area contributed by atoms with E-state index in [1.54, 1.807) is 25.5 Å². The molecule has 1 aliphatic heterocycles. The molecule has 1 aliphatic rings. The highest BCUT2D eigenvalue weighted by Crippen LogP contribution is 2.36. The summed E-state index contributed by atoms with van der Waals surface area (Å²) in [6.07, 6.45) is 3.22. The molecule has 1 aromatic carbocycles. The molecule has 1 heterocycles. The number of hydrogen-bond acceptors (Lipinski definition) is 6. The van der Waals surface area contributed by atoms with E-state index in [0.717, 1.165) is 23.1 Å². The summed E-state index contributed by atoms with van der Waals surface area (Å²) in [6, 6.07) is 3.61. The molecule has 25 heavy (non-hydrogen) atoms. The third-order valence-corrected chi connectivity index (χ3v) is 4.06. The Hall–Kier alpha value is -1.90. The lowest BCUT2D eigenvalue weighted by atomic mass is 10.2. The molecule has 1 amide bonds. The number of nitrogens with one attached hydrogen (secondary N) is 1. The van der Waals surface area contributed by atoms with E-state index < -0.39 is 0 Å². The molecule has 1 aromatic rings. The molecule has 0 bridgehead atoms. The zero-order valence-corrected chi connectivity index (χ0v) is 15.8. The number of rotatable bonds is 8. The molecule has 0 unspecified atom stereocenters. The molecule has 1 fully saturated rings. The third kappa shape index (κ3) is 6.15. The van der Waals surface area contributed by atoms with Crippen LogP contribution in [0.25, 0.3) is 0 Å². The number of nitrogens with zero attached hydrogens (tertiary/aromatic N) is 2. The summed E-state index contributed by atoms with van der Waals surface area (Å²) in [5, 5.41) is 4.00. The van der Waals surface area contributed by atoms with Gasteiger partial charge in [0.05, 0.1) is 37.6 Å². The lowest BCUT2D eigenvalue weighted by Crippen LogP contribution is -2.42. The number of morpholine rings is 1. The average molecular weight is 412 g/mol. The molecule has 1 saturated heterocycles. The molecule has 0 saturated carbocycles. The zero-order chi connectivity index (χ0) is 18.1. The molecule has 0 atom stereocenters. The molecule has 2 rings (SSSR count). The van der Waals surface area contributed by atoms with E-state index in [1.807, 2.05) is 11.0 Å². The van der Waals surface area contributed by atoms with Crippen molar-refractivity contribution in [1.82, 2.24) is 10.3 Å². The van der Waals surface area contributed by atoms with Gasteiger partial charge in [-0.3, -0.25) is 9.69 Å². The number of hydrogen-bond donors (Lipinski definition) is 1. The number of methoxy groups -OCH3 is 1. The number of amides is 1. The third-order valence-electron chi connectivity index (χ3n) is 3.47. The summed E-state index contributed by atoms with van der Waals surface area (Å²) in [6.45, 7) is 7.14. The van der Waals surface area contributed by atoms with E-state index in [4.69, 9.17) is 14.2 Å². The van der Waals surface area contributed by atoms with Gasteiger partial charge in [-0.25, -0.2) is 5.43 Å².